The lowest BCUT2D eigenvalue weighted by Gasteiger charge is -2.31. The molecular formula is C24H29N3O4S. The first kappa shape index (κ1) is 21.3. The summed E-state index contributed by atoms with van der Waals surface area (Å²) in [5.74, 6) is 1.22. The number of sulfonamides is 1. The molecule has 0 unspecified atom stereocenters. The Bertz CT molecular complexity index is 1150. The number of hydrogen-bond acceptors (Lipinski definition) is 6. The average molecular weight is 456 g/mol. The van der Waals surface area contributed by atoms with Crippen molar-refractivity contribution in [2.75, 3.05) is 26.2 Å². The lowest BCUT2D eigenvalue weighted by molar-refractivity contribution is 0.135. The molecule has 1 aromatic carbocycles. The van der Waals surface area contributed by atoms with Crippen molar-refractivity contribution in [2.45, 2.75) is 50.5 Å². The van der Waals surface area contributed by atoms with E-state index in [0.717, 1.165) is 31.7 Å². The van der Waals surface area contributed by atoms with Crippen LogP contribution in [0.4, 0.5) is 0 Å². The number of nitrogens with zero attached hydrogens (tertiary/aromatic N) is 3. The molecule has 7 nitrogen and oxygen atoms in total. The van der Waals surface area contributed by atoms with E-state index in [2.05, 4.69) is 46.5 Å². The Labute approximate surface area is 189 Å². The molecule has 170 valence electrons. The standard InChI is InChI=1S/C24H29N3O4S/c1-17-24(18(2)31-25-17)32(28,29)27-14-10-22(11-15-27)30-23-7-6-19-8-12-26(21-4-3-5-21)13-9-20(19)16-23/h3-7,16,22H,8-15H2,1-2H3. The second-order valence-corrected chi connectivity index (χ2v) is 10.6. The molecule has 0 spiro atoms. The molecule has 8 heteroatoms. The van der Waals surface area contributed by atoms with Gasteiger partial charge in [-0.15, -0.1) is 0 Å². The van der Waals surface area contributed by atoms with E-state index in [1.807, 2.05) is 0 Å². The summed E-state index contributed by atoms with van der Waals surface area (Å²) in [5, 5.41) is 3.80. The van der Waals surface area contributed by atoms with Crippen molar-refractivity contribution in [3.63, 3.8) is 0 Å². The van der Waals surface area contributed by atoms with Crippen LogP contribution in [-0.4, -0.2) is 55.1 Å². The van der Waals surface area contributed by atoms with Gasteiger partial charge in [0, 0.05) is 31.9 Å². The van der Waals surface area contributed by atoms with Gasteiger partial charge in [-0.3, -0.25) is 0 Å². The van der Waals surface area contributed by atoms with Crippen molar-refractivity contribution >= 4 is 10.0 Å². The number of rotatable bonds is 5. The summed E-state index contributed by atoms with van der Waals surface area (Å²) in [4.78, 5) is 2.64. The number of ether oxygens (including phenoxy) is 1. The maximum absolute atomic E-state index is 13.0. The molecule has 0 N–H and O–H groups in total. The number of aryl methyl sites for hydroxylation is 2. The van der Waals surface area contributed by atoms with E-state index in [1.165, 1.54) is 21.1 Å². The summed E-state index contributed by atoms with van der Waals surface area (Å²) in [7, 11) is -3.59. The average Bonchev–Trinajstić information content (AvgIpc) is 2.95. The Balaban J connectivity index is 1.20. The van der Waals surface area contributed by atoms with Gasteiger partial charge in [0.25, 0.3) is 0 Å². The minimum Gasteiger partial charge on any atom is -0.490 e. The zero-order chi connectivity index (χ0) is 22.3. The van der Waals surface area contributed by atoms with Crippen LogP contribution in [0.25, 0.3) is 0 Å². The van der Waals surface area contributed by atoms with Crippen molar-refractivity contribution in [1.29, 1.82) is 0 Å². The first-order valence-electron chi connectivity index (χ1n) is 11.3. The third-order valence-electron chi connectivity index (χ3n) is 6.65. The molecule has 2 aromatic rings. The second-order valence-electron chi connectivity index (χ2n) is 8.74. The minimum absolute atomic E-state index is 0.0108. The number of aromatic nitrogens is 1. The normalized spacial score (nSPS) is 19.8. The SMILES string of the molecule is Cc1noc(C)c1S(=O)(=O)N1CCC(Oc2ccc3c(c2)CCN(C2=CC=C2)CC3)CC1. The molecule has 32 heavy (non-hydrogen) atoms. The van der Waals surface area contributed by atoms with Crippen LogP contribution in [0.5, 0.6) is 5.75 Å². The molecule has 1 aromatic heterocycles. The predicted octanol–water partition coefficient (Wildman–Crippen LogP) is 3.38. The third kappa shape index (κ3) is 3.97. The molecule has 1 saturated heterocycles. The fourth-order valence-corrected chi connectivity index (χ4v) is 6.54. The predicted molar refractivity (Wildman–Crippen MR) is 121 cm³/mol. The van der Waals surface area contributed by atoms with Gasteiger partial charge in [0.15, 0.2) is 5.76 Å². The smallest absolute Gasteiger partial charge is 0.248 e. The van der Waals surface area contributed by atoms with Crippen molar-refractivity contribution in [3.8, 4) is 5.75 Å². The van der Waals surface area contributed by atoms with Crippen molar-refractivity contribution in [3.05, 3.63) is 64.7 Å². The van der Waals surface area contributed by atoms with Gasteiger partial charge in [0.05, 0.1) is 0 Å². The molecule has 0 atom stereocenters. The number of fused-ring (bicyclic) bond motifs is 1. The van der Waals surface area contributed by atoms with E-state index in [4.69, 9.17) is 9.26 Å². The Hall–Kier alpha value is -2.58. The Morgan fingerprint density at radius 2 is 1.78 bits per heavy atom. The molecule has 3 heterocycles. The Kier molecular flexibility index (Phi) is 5.59. The van der Waals surface area contributed by atoms with Gasteiger partial charge in [-0.2, -0.15) is 4.31 Å². The summed E-state index contributed by atoms with van der Waals surface area (Å²) in [6.07, 6.45) is 9.80. The van der Waals surface area contributed by atoms with Gasteiger partial charge in [-0.05, 0) is 74.9 Å². The van der Waals surface area contributed by atoms with Crippen LogP contribution >= 0.6 is 0 Å². The topological polar surface area (TPSA) is 75.9 Å². The van der Waals surface area contributed by atoms with Gasteiger partial charge >= 0.3 is 0 Å². The maximum Gasteiger partial charge on any atom is 0.248 e. The first-order valence-corrected chi connectivity index (χ1v) is 12.7. The van der Waals surface area contributed by atoms with E-state index >= 15 is 0 Å². The fraction of sp³-hybridized carbons (Fsp3) is 0.458. The van der Waals surface area contributed by atoms with E-state index in [9.17, 15) is 8.42 Å². The van der Waals surface area contributed by atoms with Crippen LogP contribution in [0.2, 0.25) is 0 Å². The van der Waals surface area contributed by atoms with Crippen LogP contribution in [-0.2, 0) is 22.9 Å². The summed E-state index contributed by atoms with van der Waals surface area (Å²) in [6.45, 7) is 6.22. The van der Waals surface area contributed by atoms with E-state index < -0.39 is 10.0 Å². The molecule has 1 fully saturated rings. The Morgan fingerprint density at radius 1 is 1.06 bits per heavy atom. The molecule has 0 saturated carbocycles. The fourth-order valence-electron chi connectivity index (χ4n) is 4.78. The highest BCUT2D eigenvalue weighted by Gasteiger charge is 2.34. The molecule has 0 amide bonds. The molecular weight excluding hydrogens is 426 g/mol. The largest absolute Gasteiger partial charge is 0.490 e. The van der Waals surface area contributed by atoms with Crippen LogP contribution in [0.1, 0.15) is 35.4 Å². The zero-order valence-corrected chi connectivity index (χ0v) is 19.4. The molecule has 2 aliphatic heterocycles. The van der Waals surface area contributed by atoms with Crippen molar-refractivity contribution in [1.82, 2.24) is 14.4 Å². The van der Waals surface area contributed by atoms with Gasteiger partial charge in [-0.1, -0.05) is 17.3 Å². The number of piperidine rings is 1. The van der Waals surface area contributed by atoms with Crippen LogP contribution in [0.3, 0.4) is 0 Å². The lowest BCUT2D eigenvalue weighted by atomic mass is 10.0. The summed E-state index contributed by atoms with van der Waals surface area (Å²) in [5.41, 5.74) is 4.48. The quantitative estimate of drug-likeness (QED) is 0.688. The van der Waals surface area contributed by atoms with Crippen LogP contribution < -0.4 is 4.74 Å². The lowest BCUT2D eigenvalue weighted by Crippen LogP contribution is -2.42. The van der Waals surface area contributed by atoms with Gasteiger partial charge < -0.3 is 14.2 Å². The van der Waals surface area contributed by atoms with Crippen molar-refractivity contribution in [2.24, 2.45) is 0 Å². The summed E-state index contributed by atoms with van der Waals surface area (Å²) in [6, 6.07) is 6.43. The highest BCUT2D eigenvalue weighted by molar-refractivity contribution is 7.89. The highest BCUT2D eigenvalue weighted by atomic mass is 32.2. The summed E-state index contributed by atoms with van der Waals surface area (Å²) < 4.78 is 38.9. The van der Waals surface area contributed by atoms with E-state index in [1.54, 1.807) is 13.8 Å². The van der Waals surface area contributed by atoms with Crippen LogP contribution in [0.15, 0.2) is 51.5 Å². The van der Waals surface area contributed by atoms with E-state index in [0.29, 0.717) is 37.4 Å². The number of allylic oxidation sites excluding steroid dienone is 3. The molecule has 0 radical (unpaired) electrons. The third-order valence-corrected chi connectivity index (χ3v) is 8.79. The maximum atomic E-state index is 13.0. The van der Waals surface area contributed by atoms with Gasteiger partial charge in [0.2, 0.25) is 10.0 Å². The second kappa shape index (κ2) is 8.41. The molecule has 3 aliphatic rings. The molecule has 0 bridgehead atoms. The van der Waals surface area contributed by atoms with E-state index in [-0.39, 0.29) is 11.0 Å². The minimum atomic E-state index is -3.59. The molecule has 1 aliphatic carbocycles. The number of hydrogen-bond donors (Lipinski definition) is 0. The summed E-state index contributed by atoms with van der Waals surface area (Å²) >= 11 is 0. The highest BCUT2D eigenvalue weighted by Crippen LogP contribution is 2.29. The zero-order valence-electron chi connectivity index (χ0n) is 18.6. The van der Waals surface area contributed by atoms with Crippen molar-refractivity contribution < 1.29 is 17.7 Å². The van der Waals surface area contributed by atoms with Crippen LogP contribution in [0, 0.1) is 13.8 Å². The first-order chi connectivity index (χ1) is 15.4. The number of benzene rings is 1. The monoisotopic (exact) mass is 455 g/mol. The van der Waals surface area contributed by atoms with Gasteiger partial charge in [-0.25, -0.2) is 8.42 Å². The molecule has 5 rings (SSSR count). The van der Waals surface area contributed by atoms with Gasteiger partial charge in [0.1, 0.15) is 22.4 Å². The Morgan fingerprint density at radius 3 is 2.41 bits per heavy atom.